The summed E-state index contributed by atoms with van der Waals surface area (Å²) in [6, 6.07) is 18.5. The first-order chi connectivity index (χ1) is 12.2. The lowest BCUT2D eigenvalue weighted by Gasteiger charge is -2.44. The molecule has 0 saturated carbocycles. The van der Waals surface area contributed by atoms with E-state index in [0.717, 1.165) is 23.0 Å². The van der Waals surface area contributed by atoms with Gasteiger partial charge in [-0.25, -0.2) is 4.68 Å². The van der Waals surface area contributed by atoms with E-state index < -0.39 is 0 Å². The van der Waals surface area contributed by atoms with Crippen LogP contribution in [0, 0.1) is 12.3 Å². The van der Waals surface area contributed by atoms with Crippen LogP contribution in [0.2, 0.25) is 0 Å². The number of benzene rings is 2. The Morgan fingerprint density at radius 1 is 1.00 bits per heavy atom. The molecule has 2 aromatic carbocycles. The number of fused-ring (bicyclic) bond motifs is 5. The number of aryl methyl sites for hydroxylation is 1. The molecule has 0 amide bonds. The molecule has 0 saturated heterocycles. The van der Waals surface area contributed by atoms with Gasteiger partial charge in [-0.3, -0.25) is 0 Å². The van der Waals surface area contributed by atoms with Crippen LogP contribution in [0.3, 0.4) is 0 Å². The summed E-state index contributed by atoms with van der Waals surface area (Å²) in [6.07, 6.45) is 0. The minimum Gasteiger partial charge on any atom is -0.493 e. The molecule has 0 unspecified atom stereocenters. The average molecular weight is 332 g/mol. The van der Waals surface area contributed by atoms with Crippen LogP contribution in [-0.2, 0) is 0 Å². The summed E-state index contributed by atoms with van der Waals surface area (Å²) in [4.78, 5) is 0. The minimum absolute atomic E-state index is 0.0866. The Hall–Kier alpha value is -2.75. The standard InChI is InChI=1S/C21H20N2O2/c1-14-18-19-16-10-6-7-11-17(16)24-12-21(19,2)13-25-20(18)23(22-14)15-8-4-3-5-9-15/h3-11,19H,12-13H2,1-2H3/t19-,21-/m0/s1. The van der Waals surface area contributed by atoms with Crippen molar-refractivity contribution in [2.45, 2.75) is 19.8 Å². The largest absolute Gasteiger partial charge is 0.493 e. The van der Waals surface area contributed by atoms with E-state index in [-0.39, 0.29) is 11.3 Å². The molecule has 5 rings (SSSR count). The summed E-state index contributed by atoms with van der Waals surface area (Å²) < 4.78 is 14.2. The summed E-state index contributed by atoms with van der Waals surface area (Å²) in [5.74, 6) is 2.08. The van der Waals surface area contributed by atoms with E-state index in [1.54, 1.807) is 0 Å². The first kappa shape index (κ1) is 14.6. The third kappa shape index (κ3) is 2.03. The van der Waals surface area contributed by atoms with Gasteiger partial charge < -0.3 is 9.47 Å². The molecule has 0 N–H and O–H groups in total. The highest BCUT2D eigenvalue weighted by Gasteiger charge is 2.49. The summed E-state index contributed by atoms with van der Waals surface area (Å²) in [5.41, 5.74) is 4.38. The molecular weight excluding hydrogens is 312 g/mol. The molecular formula is C21H20N2O2. The van der Waals surface area contributed by atoms with Crippen molar-refractivity contribution < 1.29 is 9.47 Å². The number of para-hydroxylation sites is 2. The summed E-state index contributed by atoms with van der Waals surface area (Å²) in [6.45, 7) is 5.60. The molecule has 25 heavy (non-hydrogen) atoms. The molecule has 2 atom stereocenters. The van der Waals surface area contributed by atoms with Crippen LogP contribution in [0.15, 0.2) is 54.6 Å². The molecule has 2 aliphatic rings. The van der Waals surface area contributed by atoms with Crippen LogP contribution >= 0.6 is 0 Å². The lowest BCUT2D eigenvalue weighted by Crippen LogP contribution is -2.44. The van der Waals surface area contributed by atoms with Gasteiger partial charge in [0.2, 0.25) is 5.88 Å². The van der Waals surface area contributed by atoms with Crippen LogP contribution in [0.4, 0.5) is 0 Å². The Morgan fingerprint density at radius 3 is 2.56 bits per heavy atom. The normalized spacial score (nSPS) is 23.7. The van der Waals surface area contributed by atoms with Crippen LogP contribution in [-0.4, -0.2) is 23.0 Å². The SMILES string of the molecule is Cc1nn(-c2ccccc2)c2c1[C@@H]1c3ccccc3OC[C@@]1(C)CO2. The predicted octanol–water partition coefficient (Wildman–Crippen LogP) is 4.10. The van der Waals surface area contributed by atoms with E-state index in [1.807, 2.05) is 28.9 Å². The number of hydrogen-bond acceptors (Lipinski definition) is 3. The third-order valence-corrected chi connectivity index (χ3v) is 5.37. The molecule has 3 aromatic rings. The quantitative estimate of drug-likeness (QED) is 0.673. The highest BCUT2D eigenvalue weighted by molar-refractivity contribution is 5.53. The van der Waals surface area contributed by atoms with Gasteiger partial charge in [0.1, 0.15) is 5.75 Å². The number of hydrogen-bond donors (Lipinski definition) is 0. The Balaban J connectivity index is 1.74. The first-order valence-electron chi connectivity index (χ1n) is 8.67. The van der Waals surface area contributed by atoms with Crippen molar-refractivity contribution in [3.05, 3.63) is 71.4 Å². The second-order valence-corrected chi connectivity index (χ2v) is 7.25. The van der Waals surface area contributed by atoms with Crippen LogP contribution in [0.5, 0.6) is 11.6 Å². The Morgan fingerprint density at radius 2 is 1.72 bits per heavy atom. The topological polar surface area (TPSA) is 36.3 Å². The average Bonchev–Trinajstić information content (AvgIpc) is 2.98. The first-order valence-corrected chi connectivity index (χ1v) is 8.67. The second kappa shape index (κ2) is 5.12. The zero-order valence-corrected chi connectivity index (χ0v) is 14.4. The Labute approximate surface area is 147 Å². The predicted molar refractivity (Wildman–Crippen MR) is 95.7 cm³/mol. The molecule has 3 heterocycles. The van der Waals surface area contributed by atoms with E-state index in [2.05, 4.69) is 44.2 Å². The number of nitrogens with zero attached hydrogens (tertiary/aromatic N) is 2. The van der Waals surface area contributed by atoms with Gasteiger partial charge in [0.25, 0.3) is 0 Å². The van der Waals surface area contributed by atoms with Gasteiger partial charge in [-0.2, -0.15) is 5.10 Å². The highest BCUT2D eigenvalue weighted by atomic mass is 16.5. The van der Waals surface area contributed by atoms with Crippen LogP contribution in [0.25, 0.3) is 5.69 Å². The van der Waals surface area contributed by atoms with Crippen molar-refractivity contribution in [1.29, 1.82) is 0 Å². The van der Waals surface area contributed by atoms with Crippen molar-refractivity contribution in [1.82, 2.24) is 9.78 Å². The van der Waals surface area contributed by atoms with Crippen molar-refractivity contribution in [3.63, 3.8) is 0 Å². The van der Waals surface area contributed by atoms with Gasteiger partial charge in [0, 0.05) is 22.5 Å². The monoisotopic (exact) mass is 332 g/mol. The second-order valence-electron chi connectivity index (χ2n) is 7.25. The Kier molecular flexibility index (Phi) is 2.99. The maximum Gasteiger partial charge on any atom is 0.220 e. The summed E-state index contributed by atoms with van der Waals surface area (Å²) >= 11 is 0. The fourth-order valence-corrected chi connectivity index (χ4v) is 4.15. The molecule has 126 valence electrons. The maximum absolute atomic E-state index is 6.24. The van der Waals surface area contributed by atoms with E-state index in [9.17, 15) is 0 Å². The fourth-order valence-electron chi connectivity index (χ4n) is 4.15. The van der Waals surface area contributed by atoms with E-state index in [1.165, 1.54) is 11.1 Å². The molecule has 4 heteroatoms. The molecule has 0 spiro atoms. The van der Waals surface area contributed by atoms with Gasteiger partial charge >= 0.3 is 0 Å². The Bertz CT molecular complexity index is 948. The van der Waals surface area contributed by atoms with Gasteiger partial charge in [-0.15, -0.1) is 0 Å². The van der Waals surface area contributed by atoms with Crippen molar-refractivity contribution in [2.24, 2.45) is 5.41 Å². The smallest absolute Gasteiger partial charge is 0.220 e. The van der Waals surface area contributed by atoms with E-state index in [4.69, 9.17) is 14.6 Å². The van der Waals surface area contributed by atoms with Crippen LogP contribution in [0.1, 0.15) is 29.7 Å². The number of aromatic nitrogens is 2. The third-order valence-electron chi connectivity index (χ3n) is 5.37. The number of ether oxygens (including phenoxy) is 2. The zero-order valence-electron chi connectivity index (χ0n) is 14.4. The molecule has 0 bridgehead atoms. The molecule has 0 aliphatic carbocycles. The lowest BCUT2D eigenvalue weighted by atomic mass is 9.68. The van der Waals surface area contributed by atoms with Gasteiger partial charge in [0.05, 0.1) is 24.6 Å². The summed E-state index contributed by atoms with van der Waals surface area (Å²) in [7, 11) is 0. The minimum atomic E-state index is -0.0866. The van der Waals surface area contributed by atoms with E-state index >= 15 is 0 Å². The molecule has 0 radical (unpaired) electrons. The lowest BCUT2D eigenvalue weighted by molar-refractivity contribution is 0.0415. The molecule has 2 aliphatic heterocycles. The van der Waals surface area contributed by atoms with Crippen LogP contribution < -0.4 is 9.47 Å². The van der Waals surface area contributed by atoms with Crippen molar-refractivity contribution >= 4 is 0 Å². The number of rotatable bonds is 1. The van der Waals surface area contributed by atoms with Gasteiger partial charge in [-0.05, 0) is 25.1 Å². The highest BCUT2D eigenvalue weighted by Crippen LogP contribution is 2.54. The van der Waals surface area contributed by atoms with Crippen molar-refractivity contribution in [3.8, 4) is 17.3 Å². The fraction of sp³-hybridized carbons (Fsp3) is 0.286. The molecule has 4 nitrogen and oxygen atoms in total. The van der Waals surface area contributed by atoms with Crippen molar-refractivity contribution in [2.75, 3.05) is 13.2 Å². The molecule has 0 fully saturated rings. The van der Waals surface area contributed by atoms with Gasteiger partial charge in [-0.1, -0.05) is 43.3 Å². The summed E-state index contributed by atoms with van der Waals surface area (Å²) in [5, 5.41) is 4.81. The molecule has 1 aromatic heterocycles. The maximum atomic E-state index is 6.24. The van der Waals surface area contributed by atoms with E-state index in [0.29, 0.717) is 13.2 Å². The van der Waals surface area contributed by atoms with Gasteiger partial charge in [0.15, 0.2) is 0 Å². The zero-order chi connectivity index (χ0) is 17.0.